The van der Waals surface area contributed by atoms with Crippen LogP contribution in [0.5, 0.6) is 0 Å². The minimum atomic E-state index is 0.326. The molecule has 2 atom stereocenters. The minimum absolute atomic E-state index is 0.326. The van der Waals surface area contributed by atoms with Crippen LogP contribution in [0.1, 0.15) is 56.8 Å². The van der Waals surface area contributed by atoms with Gasteiger partial charge in [-0.15, -0.1) is 0 Å². The lowest BCUT2D eigenvalue weighted by Crippen LogP contribution is -2.13. The molecule has 0 N–H and O–H groups in total. The lowest BCUT2D eigenvalue weighted by atomic mass is 9.82. The van der Waals surface area contributed by atoms with Crippen LogP contribution in [-0.4, -0.2) is 7.11 Å². The highest BCUT2D eigenvalue weighted by Gasteiger charge is 2.23. The smallest absolute Gasteiger partial charge is 0.0824 e. The SMILES string of the molecule is CC.CO[C@H]1CC[C@H](C)c2ccccc21. The second-order valence-electron chi connectivity index (χ2n) is 3.83. The Balaban J connectivity index is 0.000000531. The molecule has 0 radical (unpaired) electrons. The third-order valence-electron chi connectivity index (χ3n) is 3.02. The summed E-state index contributed by atoms with van der Waals surface area (Å²) in [6, 6.07) is 8.64. The first kappa shape index (κ1) is 12.3. The van der Waals surface area contributed by atoms with Crippen molar-refractivity contribution in [3.05, 3.63) is 35.4 Å². The van der Waals surface area contributed by atoms with Gasteiger partial charge in [0.2, 0.25) is 0 Å². The zero-order valence-corrected chi connectivity index (χ0v) is 10.3. The van der Waals surface area contributed by atoms with Gasteiger partial charge < -0.3 is 4.74 Å². The Morgan fingerprint density at radius 3 is 2.27 bits per heavy atom. The molecule has 0 fully saturated rings. The molecule has 2 rings (SSSR count). The largest absolute Gasteiger partial charge is 0.377 e. The fourth-order valence-corrected chi connectivity index (χ4v) is 2.21. The highest BCUT2D eigenvalue weighted by Crippen LogP contribution is 2.38. The van der Waals surface area contributed by atoms with Crippen LogP contribution in [0.2, 0.25) is 0 Å². The van der Waals surface area contributed by atoms with Gasteiger partial charge in [0.15, 0.2) is 0 Å². The maximum absolute atomic E-state index is 5.47. The van der Waals surface area contributed by atoms with E-state index in [1.165, 1.54) is 17.5 Å². The Morgan fingerprint density at radius 1 is 1.07 bits per heavy atom. The van der Waals surface area contributed by atoms with Gasteiger partial charge in [-0.1, -0.05) is 45.0 Å². The van der Waals surface area contributed by atoms with Crippen LogP contribution in [0.15, 0.2) is 24.3 Å². The van der Waals surface area contributed by atoms with Gasteiger partial charge in [0.05, 0.1) is 6.10 Å². The zero-order valence-electron chi connectivity index (χ0n) is 10.3. The Morgan fingerprint density at radius 2 is 1.67 bits per heavy atom. The van der Waals surface area contributed by atoms with E-state index in [2.05, 4.69) is 31.2 Å². The van der Waals surface area contributed by atoms with Crippen molar-refractivity contribution in [3.63, 3.8) is 0 Å². The monoisotopic (exact) mass is 206 g/mol. The van der Waals surface area contributed by atoms with Gasteiger partial charge in [-0.2, -0.15) is 0 Å². The quantitative estimate of drug-likeness (QED) is 0.665. The molecule has 1 aromatic rings. The van der Waals surface area contributed by atoms with E-state index in [1.54, 1.807) is 7.11 Å². The summed E-state index contributed by atoms with van der Waals surface area (Å²) < 4.78 is 5.47. The molecular formula is C14H22O. The summed E-state index contributed by atoms with van der Waals surface area (Å²) in [4.78, 5) is 0. The Kier molecular flexibility index (Phi) is 4.83. The molecule has 0 heterocycles. The summed E-state index contributed by atoms with van der Waals surface area (Å²) in [5, 5.41) is 0. The molecule has 0 unspecified atom stereocenters. The molecular weight excluding hydrogens is 184 g/mol. The molecule has 0 aliphatic heterocycles. The van der Waals surface area contributed by atoms with E-state index >= 15 is 0 Å². The van der Waals surface area contributed by atoms with Crippen LogP contribution in [0, 0.1) is 0 Å². The Labute approximate surface area is 93.5 Å². The van der Waals surface area contributed by atoms with Crippen LogP contribution in [0.25, 0.3) is 0 Å². The van der Waals surface area contributed by atoms with Gasteiger partial charge in [0, 0.05) is 7.11 Å². The number of ether oxygens (including phenoxy) is 1. The number of hydrogen-bond acceptors (Lipinski definition) is 1. The number of methoxy groups -OCH3 is 1. The topological polar surface area (TPSA) is 9.23 Å². The van der Waals surface area contributed by atoms with Gasteiger partial charge in [0.25, 0.3) is 0 Å². The highest BCUT2D eigenvalue weighted by atomic mass is 16.5. The van der Waals surface area contributed by atoms with E-state index in [1.807, 2.05) is 13.8 Å². The van der Waals surface area contributed by atoms with E-state index in [0.29, 0.717) is 12.0 Å². The standard InChI is InChI=1S/C12H16O.C2H6/c1-9-7-8-12(13-2)11-6-4-3-5-10(9)11;1-2/h3-6,9,12H,7-8H2,1-2H3;1-2H3/t9-,12-;/m0./s1. The van der Waals surface area contributed by atoms with Gasteiger partial charge in [-0.3, -0.25) is 0 Å². The highest BCUT2D eigenvalue weighted by molar-refractivity contribution is 5.33. The first-order valence-corrected chi connectivity index (χ1v) is 5.94. The third kappa shape index (κ3) is 2.60. The summed E-state index contributed by atoms with van der Waals surface area (Å²) in [5.41, 5.74) is 2.87. The second-order valence-corrected chi connectivity index (χ2v) is 3.83. The first-order valence-electron chi connectivity index (χ1n) is 5.94. The van der Waals surface area contributed by atoms with E-state index in [0.717, 1.165) is 6.42 Å². The van der Waals surface area contributed by atoms with Gasteiger partial charge in [0.1, 0.15) is 0 Å². The van der Waals surface area contributed by atoms with Gasteiger partial charge >= 0.3 is 0 Å². The van der Waals surface area contributed by atoms with Crippen molar-refractivity contribution in [2.45, 2.75) is 45.6 Å². The van der Waals surface area contributed by atoms with E-state index < -0.39 is 0 Å². The molecule has 15 heavy (non-hydrogen) atoms. The molecule has 0 saturated heterocycles. The van der Waals surface area contributed by atoms with Crippen molar-refractivity contribution in [2.24, 2.45) is 0 Å². The van der Waals surface area contributed by atoms with E-state index in [9.17, 15) is 0 Å². The fourth-order valence-electron chi connectivity index (χ4n) is 2.21. The average molecular weight is 206 g/mol. The predicted octanol–water partition coefficient (Wildman–Crippen LogP) is 4.30. The third-order valence-corrected chi connectivity index (χ3v) is 3.02. The number of fused-ring (bicyclic) bond motifs is 1. The summed E-state index contributed by atoms with van der Waals surface area (Å²) in [6.07, 6.45) is 2.73. The van der Waals surface area contributed by atoms with Crippen molar-refractivity contribution in [2.75, 3.05) is 7.11 Å². The van der Waals surface area contributed by atoms with Crippen LogP contribution >= 0.6 is 0 Å². The lowest BCUT2D eigenvalue weighted by Gasteiger charge is -2.28. The average Bonchev–Trinajstić information content (AvgIpc) is 2.33. The van der Waals surface area contributed by atoms with Crippen molar-refractivity contribution in [1.82, 2.24) is 0 Å². The van der Waals surface area contributed by atoms with E-state index in [4.69, 9.17) is 4.74 Å². The molecule has 0 aromatic heterocycles. The fraction of sp³-hybridized carbons (Fsp3) is 0.571. The molecule has 1 aliphatic rings. The molecule has 84 valence electrons. The maximum Gasteiger partial charge on any atom is 0.0824 e. The van der Waals surface area contributed by atoms with E-state index in [-0.39, 0.29) is 0 Å². The molecule has 1 nitrogen and oxygen atoms in total. The van der Waals surface area contributed by atoms with Gasteiger partial charge in [-0.25, -0.2) is 0 Å². The van der Waals surface area contributed by atoms with Crippen molar-refractivity contribution in [3.8, 4) is 0 Å². The zero-order chi connectivity index (χ0) is 11.3. The van der Waals surface area contributed by atoms with Crippen molar-refractivity contribution >= 4 is 0 Å². The summed E-state index contributed by atoms with van der Waals surface area (Å²) in [6.45, 7) is 6.30. The number of hydrogen-bond donors (Lipinski definition) is 0. The number of rotatable bonds is 1. The molecule has 1 aromatic carbocycles. The molecule has 0 amide bonds. The summed E-state index contributed by atoms with van der Waals surface area (Å²) in [7, 11) is 1.80. The summed E-state index contributed by atoms with van der Waals surface area (Å²) in [5.74, 6) is 0.697. The van der Waals surface area contributed by atoms with Crippen LogP contribution in [-0.2, 0) is 4.74 Å². The lowest BCUT2D eigenvalue weighted by molar-refractivity contribution is 0.0850. The molecule has 0 bridgehead atoms. The second kappa shape index (κ2) is 5.92. The minimum Gasteiger partial charge on any atom is -0.377 e. The van der Waals surface area contributed by atoms with Crippen LogP contribution in [0.3, 0.4) is 0 Å². The first-order chi connectivity index (χ1) is 7.33. The predicted molar refractivity (Wildman–Crippen MR) is 65.2 cm³/mol. The summed E-state index contributed by atoms with van der Waals surface area (Å²) >= 11 is 0. The van der Waals surface area contributed by atoms with Crippen LogP contribution in [0.4, 0.5) is 0 Å². The number of benzene rings is 1. The molecule has 0 saturated carbocycles. The normalized spacial score (nSPS) is 23.7. The van der Waals surface area contributed by atoms with Crippen LogP contribution < -0.4 is 0 Å². The van der Waals surface area contributed by atoms with Crippen molar-refractivity contribution < 1.29 is 4.74 Å². The molecule has 1 aliphatic carbocycles. The molecule has 0 spiro atoms. The maximum atomic E-state index is 5.47. The van der Waals surface area contributed by atoms with Crippen molar-refractivity contribution in [1.29, 1.82) is 0 Å². The Hall–Kier alpha value is -0.820. The van der Waals surface area contributed by atoms with Gasteiger partial charge in [-0.05, 0) is 29.9 Å². The molecule has 1 heteroatoms. The Bertz CT molecular complexity index is 293.